The molecule has 0 radical (unpaired) electrons. The molecule has 0 aliphatic heterocycles. The summed E-state index contributed by atoms with van der Waals surface area (Å²) in [7, 11) is -3.82. The van der Waals surface area contributed by atoms with Crippen LogP contribution in [0, 0.1) is 5.82 Å². The smallest absolute Gasteiger partial charge is 0.207 e. The van der Waals surface area contributed by atoms with Crippen molar-refractivity contribution in [2.45, 2.75) is 24.5 Å². The van der Waals surface area contributed by atoms with E-state index >= 15 is 0 Å². The fourth-order valence-electron chi connectivity index (χ4n) is 1.60. The van der Waals surface area contributed by atoms with Crippen molar-refractivity contribution in [1.29, 1.82) is 0 Å². The number of hydrogen-bond acceptors (Lipinski definition) is 3. The molecule has 6 heteroatoms. The van der Waals surface area contributed by atoms with Crippen LogP contribution in [0.2, 0.25) is 0 Å². The molecule has 0 unspecified atom stereocenters. The van der Waals surface area contributed by atoms with Gasteiger partial charge < -0.3 is 0 Å². The van der Waals surface area contributed by atoms with Crippen LogP contribution in [0.3, 0.4) is 0 Å². The third-order valence-corrected chi connectivity index (χ3v) is 6.15. The number of alkyl halides is 1. The van der Waals surface area contributed by atoms with E-state index in [-0.39, 0.29) is 17.7 Å². The summed E-state index contributed by atoms with van der Waals surface area (Å²) in [6.45, 7) is 2.88. The van der Waals surface area contributed by atoms with E-state index in [1.54, 1.807) is 0 Å². The van der Waals surface area contributed by atoms with E-state index in [0.717, 1.165) is 6.07 Å². The average molecular weight is 293 g/mol. The summed E-state index contributed by atoms with van der Waals surface area (Å²) in [4.78, 5) is 12.2. The van der Waals surface area contributed by atoms with E-state index in [1.165, 1.54) is 32.0 Å². The van der Waals surface area contributed by atoms with Gasteiger partial charge in [-0.3, -0.25) is 4.79 Å². The summed E-state index contributed by atoms with van der Waals surface area (Å²) < 4.78 is 35.2. The zero-order chi connectivity index (χ0) is 14.0. The molecule has 0 aliphatic carbocycles. The molecule has 1 rings (SSSR count). The molecule has 100 valence electrons. The fourth-order valence-corrected chi connectivity index (χ4v) is 3.32. The Morgan fingerprint density at radius 2 is 1.89 bits per heavy atom. The highest BCUT2D eigenvalue weighted by molar-refractivity contribution is 7.95. The number of hydrogen-bond donors (Lipinski definition) is 0. The highest BCUT2D eigenvalue weighted by Crippen LogP contribution is 2.32. The number of halogens is 2. The molecule has 0 bridgehead atoms. The Labute approximate surface area is 111 Å². The monoisotopic (exact) mass is 292 g/mol. The zero-order valence-corrected chi connectivity index (χ0v) is 11.7. The van der Waals surface area contributed by atoms with Crippen LogP contribution in [0.5, 0.6) is 0 Å². The van der Waals surface area contributed by atoms with Crippen LogP contribution < -0.4 is 0 Å². The Balaban J connectivity index is 3.36. The van der Waals surface area contributed by atoms with Gasteiger partial charge in [0.25, 0.3) is 0 Å². The Morgan fingerprint density at radius 3 is 2.33 bits per heavy atom. The second-order valence-corrected chi connectivity index (χ2v) is 7.17. The van der Waals surface area contributed by atoms with E-state index in [4.69, 9.17) is 11.6 Å². The van der Waals surface area contributed by atoms with Crippen molar-refractivity contribution < 1.29 is 17.6 Å². The van der Waals surface area contributed by atoms with Crippen LogP contribution in [-0.4, -0.2) is 24.2 Å². The topological polar surface area (TPSA) is 51.2 Å². The molecule has 0 amide bonds. The van der Waals surface area contributed by atoms with Crippen molar-refractivity contribution in [3.8, 4) is 0 Å². The standard InChI is InChI=1S/C12H14ClFO3S/c1-3-12(13,18(16,17)4-2)11(15)9-7-5-6-8-10(9)14/h5-8H,3-4H2,1-2H3/t12-/m1/s1. The first kappa shape index (κ1) is 15.1. The van der Waals surface area contributed by atoms with Crippen LogP contribution in [0.25, 0.3) is 0 Å². The normalized spacial score (nSPS) is 15.1. The van der Waals surface area contributed by atoms with Crippen molar-refractivity contribution in [1.82, 2.24) is 0 Å². The second-order valence-electron chi connectivity index (χ2n) is 3.79. The number of ketones is 1. The van der Waals surface area contributed by atoms with E-state index in [1.807, 2.05) is 0 Å². The molecule has 1 aromatic carbocycles. The van der Waals surface area contributed by atoms with Gasteiger partial charge in [0.1, 0.15) is 5.82 Å². The lowest BCUT2D eigenvalue weighted by Gasteiger charge is -2.23. The van der Waals surface area contributed by atoms with Crippen molar-refractivity contribution in [3.05, 3.63) is 35.6 Å². The minimum absolute atomic E-state index is 0.113. The minimum Gasteiger partial charge on any atom is -0.291 e. The quantitative estimate of drug-likeness (QED) is 0.619. The van der Waals surface area contributed by atoms with E-state index in [0.29, 0.717) is 0 Å². The van der Waals surface area contributed by atoms with Gasteiger partial charge in [-0.05, 0) is 18.6 Å². The molecule has 0 saturated heterocycles. The summed E-state index contributed by atoms with van der Waals surface area (Å²) in [6, 6.07) is 5.21. The van der Waals surface area contributed by atoms with Gasteiger partial charge in [-0.25, -0.2) is 12.8 Å². The summed E-state index contributed by atoms with van der Waals surface area (Å²) in [5.74, 6) is -1.95. The van der Waals surface area contributed by atoms with Crippen molar-refractivity contribution >= 4 is 27.2 Å². The molecule has 0 N–H and O–H groups in total. The number of rotatable bonds is 5. The Hall–Kier alpha value is -0.940. The molecule has 0 aliphatic rings. The summed E-state index contributed by atoms with van der Waals surface area (Å²) in [6.07, 6.45) is -0.113. The first-order valence-corrected chi connectivity index (χ1v) is 7.53. The predicted molar refractivity (Wildman–Crippen MR) is 69.1 cm³/mol. The van der Waals surface area contributed by atoms with E-state index in [9.17, 15) is 17.6 Å². The first-order valence-electron chi connectivity index (χ1n) is 5.50. The third kappa shape index (κ3) is 2.42. The molecular formula is C12H14ClFO3S. The van der Waals surface area contributed by atoms with Crippen LogP contribution in [0.15, 0.2) is 24.3 Å². The zero-order valence-electron chi connectivity index (χ0n) is 10.1. The maximum absolute atomic E-state index is 13.5. The number of benzene rings is 1. The van der Waals surface area contributed by atoms with Gasteiger partial charge >= 0.3 is 0 Å². The summed E-state index contributed by atoms with van der Waals surface area (Å²) in [5, 5.41) is 0. The molecule has 0 aromatic heterocycles. The van der Waals surface area contributed by atoms with Crippen molar-refractivity contribution in [3.63, 3.8) is 0 Å². The lowest BCUT2D eigenvalue weighted by atomic mass is 10.1. The average Bonchev–Trinajstić information content (AvgIpc) is 2.37. The number of carbonyl (C=O) groups is 1. The molecule has 1 aromatic rings. The molecule has 0 heterocycles. The molecule has 0 spiro atoms. The van der Waals surface area contributed by atoms with Gasteiger partial charge in [0.05, 0.1) is 5.56 Å². The van der Waals surface area contributed by atoms with Gasteiger partial charge in [-0.15, -0.1) is 0 Å². The van der Waals surface area contributed by atoms with Gasteiger partial charge in [-0.1, -0.05) is 37.6 Å². The van der Waals surface area contributed by atoms with Crippen LogP contribution in [0.4, 0.5) is 4.39 Å². The summed E-state index contributed by atoms with van der Waals surface area (Å²) >= 11 is 5.97. The molecule has 1 atom stereocenters. The lowest BCUT2D eigenvalue weighted by Crippen LogP contribution is -2.42. The van der Waals surface area contributed by atoms with Gasteiger partial charge in [0.2, 0.25) is 9.99 Å². The second kappa shape index (κ2) is 5.36. The van der Waals surface area contributed by atoms with Crippen LogP contribution in [-0.2, 0) is 9.84 Å². The van der Waals surface area contributed by atoms with Crippen LogP contribution >= 0.6 is 11.6 Å². The van der Waals surface area contributed by atoms with Gasteiger partial charge in [-0.2, -0.15) is 0 Å². The maximum atomic E-state index is 13.5. The van der Waals surface area contributed by atoms with Gasteiger partial charge in [0, 0.05) is 5.75 Å². The predicted octanol–water partition coefficient (Wildman–Crippen LogP) is 2.79. The van der Waals surface area contributed by atoms with Crippen molar-refractivity contribution in [2.24, 2.45) is 0 Å². The molecular weight excluding hydrogens is 279 g/mol. The molecule has 0 fully saturated rings. The lowest BCUT2D eigenvalue weighted by molar-refractivity contribution is 0.0966. The highest BCUT2D eigenvalue weighted by atomic mass is 35.5. The van der Waals surface area contributed by atoms with Crippen molar-refractivity contribution in [2.75, 3.05) is 5.75 Å². The third-order valence-electron chi connectivity index (χ3n) is 2.79. The first-order chi connectivity index (χ1) is 8.30. The Bertz CT molecular complexity index is 556. The van der Waals surface area contributed by atoms with E-state index in [2.05, 4.69) is 0 Å². The minimum atomic E-state index is -3.82. The molecule has 0 saturated carbocycles. The number of sulfone groups is 1. The van der Waals surface area contributed by atoms with Crippen LogP contribution in [0.1, 0.15) is 30.6 Å². The maximum Gasteiger partial charge on any atom is 0.207 e. The SMILES string of the molecule is CC[C@](Cl)(C(=O)c1ccccc1F)S(=O)(=O)CC. The van der Waals surface area contributed by atoms with E-state index < -0.39 is 25.6 Å². The largest absolute Gasteiger partial charge is 0.291 e. The molecule has 3 nitrogen and oxygen atoms in total. The summed E-state index contributed by atoms with van der Waals surface area (Å²) in [5.41, 5.74) is -0.300. The highest BCUT2D eigenvalue weighted by Gasteiger charge is 2.47. The number of carbonyl (C=O) groups excluding carboxylic acids is 1. The Morgan fingerprint density at radius 1 is 1.33 bits per heavy atom. The van der Waals surface area contributed by atoms with Gasteiger partial charge in [0.15, 0.2) is 9.84 Å². The Kier molecular flexibility index (Phi) is 4.50. The number of Topliss-reactive ketones (excluding diaryl/α,β-unsaturated/α-hetero) is 1. The fraction of sp³-hybridized carbons (Fsp3) is 0.417. The molecule has 18 heavy (non-hydrogen) atoms.